The van der Waals surface area contributed by atoms with Gasteiger partial charge in [-0.3, -0.25) is 24.1 Å². The van der Waals surface area contributed by atoms with Crippen molar-refractivity contribution in [1.82, 2.24) is 9.80 Å². The summed E-state index contributed by atoms with van der Waals surface area (Å²) in [6.45, 7) is 5.10. The van der Waals surface area contributed by atoms with E-state index in [1.165, 1.54) is 56.0 Å². The number of nitrogens with zero attached hydrogens (tertiary/aromatic N) is 2. The number of carbonyl (C=O) groups is 8. The number of hydrogen-bond acceptors (Lipinski definition) is 20. The van der Waals surface area contributed by atoms with Crippen molar-refractivity contribution in [3.63, 3.8) is 0 Å². The van der Waals surface area contributed by atoms with Gasteiger partial charge in [-0.2, -0.15) is 0 Å². The molecule has 2 saturated heterocycles. The molecule has 0 aliphatic carbocycles. The van der Waals surface area contributed by atoms with Crippen molar-refractivity contribution in [2.24, 2.45) is 11.8 Å². The lowest BCUT2D eigenvalue weighted by Crippen LogP contribution is -2.66. The van der Waals surface area contributed by atoms with Gasteiger partial charge in [-0.05, 0) is 102 Å². The molecule has 24 heteroatoms. The van der Waals surface area contributed by atoms with Crippen LogP contribution in [-0.2, 0) is 62.3 Å². The van der Waals surface area contributed by atoms with Gasteiger partial charge in [0.05, 0.1) is 46.9 Å². The third-order valence-corrected chi connectivity index (χ3v) is 23.7. The molecule has 2 N–H and O–H groups in total. The minimum atomic E-state index is -1.26. The van der Waals surface area contributed by atoms with Crippen LogP contribution in [0.15, 0.2) is 179 Å². The second-order valence-corrected chi connectivity index (χ2v) is 29.8. The number of thiophene rings is 2. The van der Waals surface area contributed by atoms with Crippen LogP contribution in [0.3, 0.4) is 0 Å². The number of benzene rings is 6. The van der Waals surface area contributed by atoms with Crippen LogP contribution in [0.2, 0.25) is 0 Å². The number of aliphatic carboxylic acids is 2. The fourth-order valence-electron chi connectivity index (χ4n) is 14.4. The molecule has 10 heterocycles. The highest BCUT2D eigenvalue weighted by Gasteiger charge is 2.58. The predicted octanol–water partition coefficient (Wildman–Crippen LogP) is 13.9. The number of thioether (sulfide) groups is 2. The fourth-order valence-corrected chi connectivity index (χ4v) is 18.5. The summed E-state index contributed by atoms with van der Waals surface area (Å²) in [4.78, 5) is 108. The molecule has 16 rings (SSSR count). The smallest absolute Gasteiger partial charge is 0.352 e. The van der Waals surface area contributed by atoms with E-state index in [0.29, 0.717) is 121 Å². The van der Waals surface area contributed by atoms with Crippen LogP contribution >= 0.6 is 46.2 Å². The summed E-state index contributed by atoms with van der Waals surface area (Å²) in [5.41, 5.74) is 3.14. The molecule has 0 bridgehead atoms. The number of fused-ring (bicyclic) bond motifs is 14. The van der Waals surface area contributed by atoms with E-state index < -0.39 is 63.7 Å². The second-order valence-electron chi connectivity index (χ2n) is 25.6. The Hall–Kier alpha value is -10.1. The average molecular weight is 1450 g/mol. The van der Waals surface area contributed by atoms with E-state index in [4.69, 9.17) is 37.9 Å². The van der Waals surface area contributed by atoms with E-state index in [1.54, 1.807) is 78.2 Å². The monoisotopic (exact) mass is 1450 g/mol. The molecule has 102 heavy (non-hydrogen) atoms. The molecule has 0 radical (unpaired) electrons. The molecule has 8 aliphatic heterocycles. The van der Waals surface area contributed by atoms with Crippen molar-refractivity contribution < 1.29 is 86.5 Å². The largest absolute Gasteiger partial charge is 0.493 e. The lowest BCUT2D eigenvalue weighted by molar-refractivity contribution is -0.163. The van der Waals surface area contributed by atoms with Crippen molar-refractivity contribution in [1.29, 1.82) is 0 Å². The van der Waals surface area contributed by atoms with Crippen LogP contribution in [-0.4, -0.2) is 116 Å². The minimum absolute atomic E-state index is 0.0406. The van der Waals surface area contributed by atoms with Crippen molar-refractivity contribution in [3.05, 3.63) is 233 Å². The van der Waals surface area contributed by atoms with Gasteiger partial charge in [0, 0.05) is 110 Å². The zero-order chi connectivity index (χ0) is 70.6. The van der Waals surface area contributed by atoms with Crippen LogP contribution in [0.5, 0.6) is 46.0 Å². The molecule has 2 fully saturated rings. The summed E-state index contributed by atoms with van der Waals surface area (Å²) in [5, 5.41) is 25.1. The van der Waals surface area contributed by atoms with Crippen molar-refractivity contribution >= 4 is 93.5 Å². The van der Waals surface area contributed by atoms with Crippen molar-refractivity contribution in [2.75, 3.05) is 32.2 Å². The molecule has 8 aromatic rings. The van der Waals surface area contributed by atoms with Crippen LogP contribution < -0.4 is 28.4 Å². The van der Waals surface area contributed by atoms with Gasteiger partial charge in [-0.15, -0.1) is 46.2 Å². The van der Waals surface area contributed by atoms with E-state index in [9.17, 15) is 48.6 Å². The number of ether oxygens (including phenoxy) is 8. The highest BCUT2D eigenvalue weighted by atomic mass is 32.2. The number of carboxylic acids is 2. The van der Waals surface area contributed by atoms with Crippen molar-refractivity contribution in [3.8, 4) is 46.0 Å². The fraction of sp³-hybridized carbons (Fsp3) is 0.282. The van der Waals surface area contributed by atoms with E-state index in [0.717, 1.165) is 35.4 Å². The third-order valence-electron chi connectivity index (χ3n) is 19.2. The third kappa shape index (κ3) is 12.1. The molecule has 0 saturated carbocycles. The Morgan fingerprint density at radius 2 is 1.00 bits per heavy atom. The molecule has 2 aromatic heterocycles. The number of carboxylic acid groups (broad SMARTS) is 2. The summed E-state index contributed by atoms with van der Waals surface area (Å²) in [6, 6.07) is 42.4. The molecule has 7 unspecified atom stereocenters. The van der Waals surface area contributed by atoms with Crippen LogP contribution in [0, 0.1) is 11.8 Å². The number of rotatable bonds is 24. The Balaban J connectivity index is 0.000000165. The summed E-state index contributed by atoms with van der Waals surface area (Å²) >= 11 is 5.76. The average Bonchev–Trinajstić information content (AvgIpc) is 1.49. The topological polar surface area (TPSA) is 257 Å². The van der Waals surface area contributed by atoms with Crippen LogP contribution in [0.25, 0.3) is 0 Å². The normalized spacial score (nSPS) is 21.8. The van der Waals surface area contributed by atoms with Gasteiger partial charge >= 0.3 is 23.9 Å². The van der Waals surface area contributed by atoms with Gasteiger partial charge in [0.15, 0.2) is 17.2 Å². The zero-order valence-corrected chi connectivity index (χ0v) is 58.4. The standard InChI is InChI=1S/2C39H33NO9S2/c2*1-2-3-14-46-24-10-12-30-32(18-24)48-33-19-25(11-13-31(33)39(30)29-9-5-4-8-27(29)38(45)49-39)47-20-22-21-51-36-28(35(42)40(36)34(22)37(43)44)17-23(41)16-26-7-6-15-50-26/h4-13,15,18-19,28,36H,2-3,14,16-17,20-21H2,1H3,(H,43,44);4-13,15,18-19,21,28,34,36H,2-3,14,16-17,20H2,1H3,(H,43,44). The lowest BCUT2D eigenvalue weighted by atomic mass is 9.77. The summed E-state index contributed by atoms with van der Waals surface area (Å²) in [7, 11) is 0. The highest BCUT2D eigenvalue weighted by Crippen LogP contribution is 2.59. The minimum Gasteiger partial charge on any atom is -0.493 e. The molecule has 20 nitrogen and oxygen atoms in total. The Kier molecular flexibility index (Phi) is 18.6. The first-order valence-corrected chi connectivity index (χ1v) is 37.3. The summed E-state index contributed by atoms with van der Waals surface area (Å²) < 4.78 is 49.6. The molecule has 2 amide bonds. The predicted molar refractivity (Wildman–Crippen MR) is 379 cm³/mol. The van der Waals surface area contributed by atoms with Gasteiger partial charge in [0.1, 0.15) is 76.5 Å². The number of ketones is 2. The van der Waals surface area contributed by atoms with Gasteiger partial charge in [-0.25, -0.2) is 19.2 Å². The number of esters is 2. The molecule has 6 aromatic carbocycles. The van der Waals surface area contributed by atoms with Gasteiger partial charge in [0.25, 0.3) is 0 Å². The van der Waals surface area contributed by atoms with Gasteiger partial charge in [0.2, 0.25) is 11.8 Å². The number of β-lactam (4-membered cyclic amide) rings is 2. The molecule has 7 atom stereocenters. The first-order valence-electron chi connectivity index (χ1n) is 33.5. The van der Waals surface area contributed by atoms with E-state index >= 15 is 0 Å². The van der Waals surface area contributed by atoms with E-state index in [1.807, 2.05) is 83.6 Å². The van der Waals surface area contributed by atoms with Gasteiger partial charge < -0.3 is 53.0 Å². The number of unbranched alkanes of at least 4 members (excludes halogenated alkanes) is 2. The molecular formula is C78H66N2O18S4. The quantitative estimate of drug-likeness (QED) is 0.0324. The number of amides is 2. The Morgan fingerprint density at radius 1 is 0.539 bits per heavy atom. The first-order chi connectivity index (χ1) is 49.6. The molecule has 520 valence electrons. The highest BCUT2D eigenvalue weighted by molar-refractivity contribution is 8.02. The lowest BCUT2D eigenvalue weighted by Gasteiger charge is -2.51. The SMILES string of the molecule is CCCCOc1ccc2c(c1)Oc1cc(OCC3=C(C(=O)O)N4C(=O)C(CC(=O)Cc5cccs5)C4SC3)ccc1C21OC(=O)c2ccccc21.CCCCOc1ccc2c(c1)Oc1cc(OCC3=CSC4C(CC(=O)Cc5cccs5)C(=O)N4C3C(=O)O)ccc1C21OC(=O)c2ccccc21. The maximum Gasteiger partial charge on any atom is 0.352 e. The Bertz CT molecular complexity index is 4750. The number of hydrogen-bond donors (Lipinski definition) is 2. The second kappa shape index (κ2) is 28.0. The van der Waals surface area contributed by atoms with Gasteiger partial charge in [-0.1, -0.05) is 75.2 Å². The van der Waals surface area contributed by atoms with E-state index in [-0.39, 0.29) is 68.0 Å². The Labute approximate surface area is 602 Å². The van der Waals surface area contributed by atoms with Crippen LogP contribution in [0.4, 0.5) is 0 Å². The molecule has 8 aliphatic rings. The molecule has 2 spiro atoms. The number of carbonyl (C=O) groups excluding carboxylic acids is 6. The summed E-state index contributed by atoms with van der Waals surface area (Å²) in [5.74, 6) is -1.05. The number of Topliss-reactive ketones (excluding diaryl/α,β-unsaturated/α-hetero) is 2. The maximum atomic E-state index is 13.2. The van der Waals surface area contributed by atoms with Crippen LogP contribution in [0.1, 0.15) is 116 Å². The first kappa shape index (κ1) is 67.7. The zero-order valence-electron chi connectivity index (χ0n) is 55.1. The van der Waals surface area contributed by atoms with E-state index in [2.05, 4.69) is 13.8 Å². The maximum absolute atomic E-state index is 13.2. The molecular weight excluding hydrogens is 1380 g/mol. The van der Waals surface area contributed by atoms with Crippen molar-refractivity contribution in [2.45, 2.75) is 93.2 Å². The Morgan fingerprint density at radius 3 is 1.45 bits per heavy atom. The summed E-state index contributed by atoms with van der Waals surface area (Å²) in [6.07, 6.45) is 4.45.